The predicted molar refractivity (Wildman–Crippen MR) is 118 cm³/mol. The summed E-state index contributed by atoms with van der Waals surface area (Å²) in [7, 11) is 1.72. The van der Waals surface area contributed by atoms with Gasteiger partial charge in [0, 0.05) is 24.8 Å². The van der Waals surface area contributed by atoms with Crippen LogP contribution < -0.4 is 5.32 Å². The molecule has 7 heteroatoms. The maximum Gasteiger partial charge on any atom is 0.253 e. The number of nitrogens with one attached hydrogen (secondary N) is 1. The molecule has 0 aliphatic rings. The molecule has 1 N–H and O–H groups in total. The van der Waals surface area contributed by atoms with Gasteiger partial charge in [0.25, 0.3) is 5.91 Å². The van der Waals surface area contributed by atoms with Crippen molar-refractivity contribution in [3.05, 3.63) is 81.6 Å². The van der Waals surface area contributed by atoms with Gasteiger partial charge in [-0.15, -0.1) is 0 Å². The molecule has 0 unspecified atom stereocenters. The normalized spacial score (nSPS) is 10.7. The van der Waals surface area contributed by atoms with E-state index >= 15 is 0 Å². The number of para-hydroxylation sites is 1. The fraction of sp³-hybridized carbons (Fsp3) is 0.261. The number of hydrogen-bond acceptors (Lipinski definition) is 3. The van der Waals surface area contributed by atoms with Gasteiger partial charge in [0.05, 0.1) is 28.5 Å². The van der Waals surface area contributed by atoms with Crippen LogP contribution in [0, 0.1) is 20.8 Å². The van der Waals surface area contributed by atoms with E-state index in [-0.39, 0.29) is 18.4 Å². The molecule has 0 aliphatic carbocycles. The molecule has 0 spiro atoms. The van der Waals surface area contributed by atoms with Gasteiger partial charge >= 0.3 is 0 Å². The zero-order valence-electron chi connectivity index (χ0n) is 17.6. The van der Waals surface area contributed by atoms with Crippen LogP contribution in [0.4, 0.5) is 0 Å². The van der Waals surface area contributed by atoms with Crippen LogP contribution in [0.2, 0.25) is 5.02 Å². The van der Waals surface area contributed by atoms with Gasteiger partial charge in [-0.2, -0.15) is 5.10 Å². The molecular formula is C23H25ClN4O2. The number of hydrogen-bond donors (Lipinski definition) is 1. The summed E-state index contributed by atoms with van der Waals surface area (Å²) >= 11 is 6.04. The van der Waals surface area contributed by atoms with Crippen molar-refractivity contribution in [1.29, 1.82) is 0 Å². The van der Waals surface area contributed by atoms with Crippen molar-refractivity contribution in [2.24, 2.45) is 0 Å². The van der Waals surface area contributed by atoms with E-state index in [1.807, 2.05) is 49.7 Å². The Morgan fingerprint density at radius 2 is 1.73 bits per heavy atom. The minimum atomic E-state index is -0.373. The van der Waals surface area contributed by atoms with Crippen LogP contribution in [-0.4, -0.2) is 40.1 Å². The Kier molecular flexibility index (Phi) is 6.57. The van der Waals surface area contributed by atoms with Crippen LogP contribution in [-0.2, 0) is 11.3 Å². The largest absolute Gasteiger partial charge is 0.343 e. The Labute approximate surface area is 181 Å². The monoisotopic (exact) mass is 424 g/mol. The van der Waals surface area contributed by atoms with E-state index in [1.165, 1.54) is 0 Å². The molecule has 0 fully saturated rings. The summed E-state index contributed by atoms with van der Waals surface area (Å²) in [6.07, 6.45) is 0. The van der Waals surface area contributed by atoms with E-state index in [0.29, 0.717) is 17.1 Å². The Bertz CT molecular complexity index is 1090. The summed E-state index contributed by atoms with van der Waals surface area (Å²) in [5, 5.41) is 7.66. The molecule has 6 nitrogen and oxygen atoms in total. The third-order valence-electron chi connectivity index (χ3n) is 5.12. The van der Waals surface area contributed by atoms with Gasteiger partial charge in [-0.05, 0) is 44.5 Å². The highest BCUT2D eigenvalue weighted by Gasteiger charge is 2.19. The number of aryl methyl sites for hydroxylation is 2. The Morgan fingerprint density at radius 1 is 1.07 bits per heavy atom. The molecule has 3 aromatic rings. The van der Waals surface area contributed by atoms with Gasteiger partial charge in [0.1, 0.15) is 0 Å². The molecular weight excluding hydrogens is 400 g/mol. The van der Waals surface area contributed by atoms with Gasteiger partial charge in [-0.25, -0.2) is 4.68 Å². The van der Waals surface area contributed by atoms with Gasteiger partial charge in [0.15, 0.2) is 0 Å². The number of amides is 2. The minimum Gasteiger partial charge on any atom is -0.343 e. The average Bonchev–Trinajstić information content (AvgIpc) is 3.00. The van der Waals surface area contributed by atoms with Crippen molar-refractivity contribution in [3.63, 3.8) is 0 Å². The molecule has 0 bridgehead atoms. The fourth-order valence-electron chi connectivity index (χ4n) is 3.30. The first-order chi connectivity index (χ1) is 14.3. The molecule has 0 saturated heterocycles. The summed E-state index contributed by atoms with van der Waals surface area (Å²) < 4.78 is 1.91. The van der Waals surface area contributed by atoms with Crippen molar-refractivity contribution >= 4 is 23.4 Å². The van der Waals surface area contributed by atoms with E-state index in [0.717, 1.165) is 28.2 Å². The summed E-state index contributed by atoms with van der Waals surface area (Å²) in [5.41, 5.74) is 5.34. The lowest BCUT2D eigenvalue weighted by Crippen LogP contribution is -2.38. The number of nitrogens with zero attached hydrogens (tertiary/aromatic N) is 3. The number of aromatic nitrogens is 2. The van der Waals surface area contributed by atoms with E-state index in [2.05, 4.69) is 10.4 Å². The number of carbonyl (C=O) groups is 2. The molecule has 1 aromatic heterocycles. The number of likely N-dealkylation sites (N-methyl/N-ethyl adjacent to an activating group) is 1. The third kappa shape index (κ3) is 4.54. The van der Waals surface area contributed by atoms with E-state index in [9.17, 15) is 9.59 Å². The SMILES string of the molecule is Cc1ccccc1-n1nc(C)c(CN(C)C(=O)CNC(=O)c2ccccc2Cl)c1C. The van der Waals surface area contributed by atoms with Crippen molar-refractivity contribution in [3.8, 4) is 5.69 Å². The summed E-state index contributed by atoms with van der Waals surface area (Å²) in [4.78, 5) is 26.4. The standard InChI is InChI=1S/C23H25ClN4O2/c1-15-9-5-8-12-21(15)28-17(3)19(16(2)26-28)14-27(4)22(29)13-25-23(30)18-10-6-7-11-20(18)24/h5-12H,13-14H2,1-4H3,(H,25,30). The van der Waals surface area contributed by atoms with Crippen molar-refractivity contribution in [2.75, 3.05) is 13.6 Å². The second-order valence-electron chi connectivity index (χ2n) is 7.26. The lowest BCUT2D eigenvalue weighted by atomic mass is 10.1. The second-order valence-corrected chi connectivity index (χ2v) is 7.67. The summed E-state index contributed by atoms with van der Waals surface area (Å²) in [6.45, 7) is 6.28. The van der Waals surface area contributed by atoms with E-state index in [1.54, 1.807) is 36.2 Å². The Hall–Kier alpha value is -3.12. The number of halogens is 1. The molecule has 2 aromatic carbocycles. The molecule has 156 valence electrons. The molecule has 0 aliphatic heterocycles. The first-order valence-corrected chi connectivity index (χ1v) is 10.0. The highest BCUT2D eigenvalue weighted by atomic mass is 35.5. The van der Waals surface area contributed by atoms with Crippen LogP contribution in [0.15, 0.2) is 48.5 Å². The molecule has 1 heterocycles. The maximum atomic E-state index is 12.6. The van der Waals surface area contributed by atoms with Gasteiger partial charge in [-0.1, -0.05) is 41.9 Å². The topological polar surface area (TPSA) is 67.2 Å². The Balaban J connectivity index is 1.68. The highest BCUT2D eigenvalue weighted by molar-refractivity contribution is 6.33. The molecule has 30 heavy (non-hydrogen) atoms. The van der Waals surface area contributed by atoms with Crippen LogP contribution in [0.5, 0.6) is 0 Å². The van der Waals surface area contributed by atoms with Crippen LogP contribution in [0.3, 0.4) is 0 Å². The number of benzene rings is 2. The summed E-state index contributed by atoms with van der Waals surface area (Å²) in [6, 6.07) is 14.8. The maximum absolute atomic E-state index is 12.6. The molecule has 0 radical (unpaired) electrons. The molecule has 3 rings (SSSR count). The van der Waals surface area contributed by atoms with Crippen molar-refractivity contribution < 1.29 is 9.59 Å². The quantitative estimate of drug-likeness (QED) is 0.653. The lowest BCUT2D eigenvalue weighted by Gasteiger charge is -2.18. The van der Waals surface area contributed by atoms with Crippen LogP contribution in [0.25, 0.3) is 5.69 Å². The van der Waals surface area contributed by atoms with Gasteiger partial charge in [0.2, 0.25) is 5.91 Å². The van der Waals surface area contributed by atoms with Crippen molar-refractivity contribution in [2.45, 2.75) is 27.3 Å². The fourth-order valence-corrected chi connectivity index (χ4v) is 3.52. The minimum absolute atomic E-state index is 0.107. The summed E-state index contributed by atoms with van der Waals surface area (Å²) in [5.74, 6) is -0.570. The first-order valence-electron chi connectivity index (χ1n) is 9.67. The average molecular weight is 425 g/mol. The highest BCUT2D eigenvalue weighted by Crippen LogP contribution is 2.21. The first kappa shape index (κ1) is 21.6. The predicted octanol–water partition coefficient (Wildman–Crippen LogP) is 3.84. The van der Waals surface area contributed by atoms with Gasteiger partial charge in [-0.3, -0.25) is 9.59 Å². The molecule has 2 amide bonds. The zero-order chi connectivity index (χ0) is 21.8. The van der Waals surface area contributed by atoms with E-state index in [4.69, 9.17) is 11.6 Å². The lowest BCUT2D eigenvalue weighted by molar-refractivity contribution is -0.129. The van der Waals surface area contributed by atoms with Crippen LogP contribution >= 0.6 is 11.6 Å². The smallest absolute Gasteiger partial charge is 0.253 e. The molecule has 0 atom stereocenters. The second kappa shape index (κ2) is 9.13. The van der Waals surface area contributed by atoms with Crippen LogP contribution in [0.1, 0.15) is 32.9 Å². The number of carbonyl (C=O) groups excluding carboxylic acids is 2. The Morgan fingerprint density at radius 3 is 2.43 bits per heavy atom. The number of rotatable bonds is 6. The van der Waals surface area contributed by atoms with Gasteiger partial charge < -0.3 is 10.2 Å². The van der Waals surface area contributed by atoms with Crippen molar-refractivity contribution in [1.82, 2.24) is 20.0 Å². The third-order valence-corrected chi connectivity index (χ3v) is 5.45. The van der Waals surface area contributed by atoms with E-state index < -0.39 is 0 Å². The zero-order valence-corrected chi connectivity index (χ0v) is 18.3. The molecule has 0 saturated carbocycles.